The summed E-state index contributed by atoms with van der Waals surface area (Å²) in [5, 5.41) is 4.88. The van der Waals surface area contributed by atoms with Crippen LogP contribution in [0.1, 0.15) is 4.88 Å². The summed E-state index contributed by atoms with van der Waals surface area (Å²) < 4.78 is 15.6. The van der Waals surface area contributed by atoms with Gasteiger partial charge in [0.25, 0.3) is 0 Å². The lowest BCUT2D eigenvalue weighted by atomic mass is 10.2. The van der Waals surface area contributed by atoms with Crippen LogP contribution in [0.4, 0.5) is 10.1 Å². The molecule has 102 valence electrons. The molecular formula is C15H10BrClFNS. The third kappa shape index (κ3) is 2.68. The van der Waals surface area contributed by atoms with Gasteiger partial charge in [-0.3, -0.25) is 0 Å². The van der Waals surface area contributed by atoms with Gasteiger partial charge in [0.1, 0.15) is 5.82 Å². The summed E-state index contributed by atoms with van der Waals surface area (Å²) in [6.45, 7) is 0.511. The fraction of sp³-hybridized carbons (Fsp3) is 0.0667. The van der Waals surface area contributed by atoms with Gasteiger partial charge in [0, 0.05) is 19.4 Å². The van der Waals surface area contributed by atoms with Crippen molar-refractivity contribution in [1.82, 2.24) is 0 Å². The molecule has 1 aromatic heterocycles. The normalized spacial score (nSPS) is 10.9. The number of hydrogen-bond donors (Lipinski definition) is 1. The maximum atomic E-state index is 13.7. The second kappa shape index (κ2) is 5.72. The second-order valence-electron chi connectivity index (χ2n) is 4.31. The predicted octanol–water partition coefficient (Wildman–Crippen LogP) is 6.07. The van der Waals surface area contributed by atoms with E-state index in [-0.39, 0.29) is 5.82 Å². The Hall–Kier alpha value is -1.10. The summed E-state index contributed by atoms with van der Waals surface area (Å²) in [7, 11) is 0. The Bertz CT molecular complexity index is 772. The van der Waals surface area contributed by atoms with Crippen LogP contribution in [0.25, 0.3) is 10.1 Å². The topological polar surface area (TPSA) is 12.0 Å². The van der Waals surface area contributed by atoms with Crippen molar-refractivity contribution in [2.24, 2.45) is 0 Å². The van der Waals surface area contributed by atoms with Gasteiger partial charge >= 0.3 is 0 Å². The highest BCUT2D eigenvalue weighted by Gasteiger charge is 2.10. The van der Waals surface area contributed by atoms with Gasteiger partial charge in [-0.05, 0) is 24.3 Å². The predicted molar refractivity (Wildman–Crippen MR) is 88.3 cm³/mol. The highest BCUT2D eigenvalue weighted by atomic mass is 79.9. The van der Waals surface area contributed by atoms with Crippen LogP contribution in [0.15, 0.2) is 46.9 Å². The SMILES string of the molecule is Fc1cc(Br)ccc1NCc1sc2ccccc2c1Cl. The second-order valence-corrected chi connectivity index (χ2v) is 6.74. The molecule has 0 spiro atoms. The Balaban J connectivity index is 1.85. The van der Waals surface area contributed by atoms with Crippen LogP contribution in [-0.4, -0.2) is 0 Å². The van der Waals surface area contributed by atoms with Crippen molar-refractivity contribution in [3.63, 3.8) is 0 Å². The van der Waals surface area contributed by atoms with E-state index in [0.717, 1.165) is 24.5 Å². The molecular weight excluding hydrogens is 361 g/mol. The van der Waals surface area contributed by atoms with Gasteiger partial charge in [-0.1, -0.05) is 45.7 Å². The van der Waals surface area contributed by atoms with Crippen LogP contribution in [0.5, 0.6) is 0 Å². The Labute approximate surface area is 133 Å². The molecule has 0 fully saturated rings. The molecule has 2 aromatic carbocycles. The molecule has 5 heteroatoms. The van der Waals surface area contributed by atoms with Crippen LogP contribution in [0.2, 0.25) is 5.02 Å². The minimum Gasteiger partial charge on any atom is -0.378 e. The Morgan fingerprint density at radius 2 is 2.00 bits per heavy atom. The van der Waals surface area contributed by atoms with Gasteiger partial charge < -0.3 is 5.32 Å². The van der Waals surface area contributed by atoms with E-state index in [1.54, 1.807) is 23.5 Å². The molecule has 0 radical (unpaired) electrons. The number of fused-ring (bicyclic) bond motifs is 1. The molecule has 0 bridgehead atoms. The lowest BCUT2D eigenvalue weighted by Crippen LogP contribution is -2.00. The molecule has 0 aliphatic rings. The monoisotopic (exact) mass is 369 g/mol. The summed E-state index contributed by atoms with van der Waals surface area (Å²) in [6, 6.07) is 12.9. The average molecular weight is 371 g/mol. The molecule has 0 unspecified atom stereocenters. The number of thiophene rings is 1. The smallest absolute Gasteiger partial charge is 0.147 e. The zero-order valence-corrected chi connectivity index (χ0v) is 13.4. The van der Waals surface area contributed by atoms with Crippen LogP contribution in [-0.2, 0) is 6.54 Å². The average Bonchev–Trinajstić information content (AvgIpc) is 2.75. The number of hydrogen-bond acceptors (Lipinski definition) is 2. The van der Waals surface area contributed by atoms with Crippen LogP contribution in [0.3, 0.4) is 0 Å². The summed E-state index contributed by atoms with van der Waals surface area (Å²) in [6.07, 6.45) is 0. The van der Waals surface area contributed by atoms with Crippen molar-refractivity contribution in [3.05, 3.63) is 62.7 Å². The van der Waals surface area contributed by atoms with E-state index >= 15 is 0 Å². The molecule has 3 aromatic rings. The molecule has 20 heavy (non-hydrogen) atoms. The molecule has 3 rings (SSSR count). The molecule has 1 heterocycles. The van der Waals surface area contributed by atoms with Crippen molar-refractivity contribution in [2.75, 3.05) is 5.32 Å². The fourth-order valence-electron chi connectivity index (χ4n) is 1.99. The summed E-state index contributed by atoms with van der Waals surface area (Å²) in [4.78, 5) is 1.01. The number of benzene rings is 2. The standard InChI is InChI=1S/C15H10BrClFNS/c16-9-5-6-12(11(18)7-9)19-8-14-15(17)10-3-1-2-4-13(10)20-14/h1-7,19H,8H2. The summed E-state index contributed by atoms with van der Waals surface area (Å²) >= 11 is 11.2. The van der Waals surface area contributed by atoms with E-state index in [1.807, 2.05) is 24.3 Å². The summed E-state index contributed by atoms with van der Waals surface area (Å²) in [5.74, 6) is -0.281. The van der Waals surface area contributed by atoms with Crippen LogP contribution in [0, 0.1) is 5.82 Å². The summed E-state index contributed by atoms with van der Waals surface area (Å²) in [5.41, 5.74) is 0.474. The van der Waals surface area contributed by atoms with Crippen molar-refractivity contribution < 1.29 is 4.39 Å². The van der Waals surface area contributed by atoms with Gasteiger partial charge in [0.05, 0.1) is 17.3 Å². The molecule has 0 atom stereocenters. The molecule has 0 aliphatic heterocycles. The third-order valence-electron chi connectivity index (χ3n) is 2.97. The van der Waals surface area contributed by atoms with Gasteiger partial charge in [-0.15, -0.1) is 11.3 Å². The van der Waals surface area contributed by atoms with Gasteiger partial charge in [0.15, 0.2) is 0 Å². The highest BCUT2D eigenvalue weighted by molar-refractivity contribution is 9.10. The lowest BCUT2D eigenvalue weighted by Gasteiger charge is -2.06. The van der Waals surface area contributed by atoms with Crippen molar-refractivity contribution in [3.8, 4) is 0 Å². The minimum absolute atomic E-state index is 0.281. The van der Waals surface area contributed by atoms with E-state index in [9.17, 15) is 4.39 Å². The Morgan fingerprint density at radius 1 is 1.20 bits per heavy atom. The zero-order valence-electron chi connectivity index (χ0n) is 10.3. The van der Waals surface area contributed by atoms with Crippen molar-refractivity contribution in [1.29, 1.82) is 0 Å². The first-order valence-corrected chi connectivity index (χ1v) is 7.99. The van der Waals surface area contributed by atoms with Crippen molar-refractivity contribution >= 4 is 54.6 Å². The van der Waals surface area contributed by atoms with Crippen LogP contribution >= 0.6 is 38.9 Å². The van der Waals surface area contributed by atoms with E-state index in [4.69, 9.17) is 11.6 Å². The number of halogens is 3. The molecule has 0 aliphatic carbocycles. The minimum atomic E-state index is -0.281. The number of anilines is 1. The number of nitrogens with one attached hydrogen (secondary N) is 1. The van der Waals surface area contributed by atoms with Crippen LogP contribution < -0.4 is 5.32 Å². The highest BCUT2D eigenvalue weighted by Crippen LogP contribution is 2.35. The third-order valence-corrected chi connectivity index (χ3v) is 5.18. The first kappa shape index (κ1) is 13.9. The Kier molecular flexibility index (Phi) is 3.96. The largest absolute Gasteiger partial charge is 0.378 e. The van der Waals surface area contributed by atoms with Gasteiger partial charge in [-0.2, -0.15) is 0 Å². The van der Waals surface area contributed by atoms with Gasteiger partial charge in [0.2, 0.25) is 0 Å². The lowest BCUT2D eigenvalue weighted by molar-refractivity contribution is 0.629. The quantitative estimate of drug-likeness (QED) is 0.590. The maximum absolute atomic E-state index is 13.7. The zero-order chi connectivity index (χ0) is 14.1. The van der Waals surface area contributed by atoms with E-state index in [0.29, 0.717) is 12.2 Å². The maximum Gasteiger partial charge on any atom is 0.147 e. The molecule has 0 amide bonds. The van der Waals surface area contributed by atoms with E-state index < -0.39 is 0 Å². The molecule has 0 saturated heterocycles. The fourth-order valence-corrected chi connectivity index (χ4v) is 3.76. The Morgan fingerprint density at radius 3 is 2.75 bits per heavy atom. The molecule has 1 N–H and O–H groups in total. The molecule has 0 saturated carbocycles. The van der Waals surface area contributed by atoms with E-state index in [2.05, 4.69) is 21.2 Å². The first-order valence-electron chi connectivity index (χ1n) is 6.00. The van der Waals surface area contributed by atoms with Gasteiger partial charge in [-0.25, -0.2) is 4.39 Å². The number of rotatable bonds is 3. The van der Waals surface area contributed by atoms with E-state index in [1.165, 1.54) is 6.07 Å². The first-order chi connectivity index (χ1) is 9.65. The molecule has 1 nitrogen and oxygen atoms in total. The van der Waals surface area contributed by atoms with Crippen molar-refractivity contribution in [2.45, 2.75) is 6.54 Å².